The van der Waals surface area contributed by atoms with Gasteiger partial charge in [-0.05, 0) is 31.1 Å². The smallest absolute Gasteiger partial charge is 0.312 e. The van der Waals surface area contributed by atoms with Crippen LogP contribution >= 0.6 is 0 Å². The molecular formula is C21H41NO4. The summed E-state index contributed by atoms with van der Waals surface area (Å²) in [7, 11) is 0. The molecule has 0 fully saturated rings. The minimum atomic E-state index is -0.515. The van der Waals surface area contributed by atoms with Crippen LogP contribution in [0.1, 0.15) is 68.2 Å². The van der Waals surface area contributed by atoms with Crippen molar-refractivity contribution in [3.05, 3.63) is 12.7 Å². The Morgan fingerprint density at radius 2 is 1.54 bits per heavy atom. The van der Waals surface area contributed by atoms with Crippen molar-refractivity contribution in [1.29, 1.82) is 0 Å². The summed E-state index contributed by atoms with van der Waals surface area (Å²) in [4.78, 5) is 22.5. The second-order valence-corrected chi connectivity index (χ2v) is 9.05. The fourth-order valence-corrected chi connectivity index (χ4v) is 2.45. The number of hydrogen-bond acceptors (Lipinski definition) is 5. The van der Waals surface area contributed by atoms with Crippen LogP contribution in [0.25, 0.3) is 0 Å². The number of rotatable bonds is 9. The molecule has 0 aromatic heterocycles. The summed E-state index contributed by atoms with van der Waals surface area (Å²) in [6, 6.07) is 0. The van der Waals surface area contributed by atoms with E-state index < -0.39 is 5.41 Å². The molecule has 26 heavy (non-hydrogen) atoms. The fraction of sp³-hybridized carbons (Fsp3) is 0.810. The van der Waals surface area contributed by atoms with Gasteiger partial charge in [-0.1, -0.05) is 47.6 Å². The van der Waals surface area contributed by atoms with E-state index in [0.29, 0.717) is 26.2 Å². The summed E-state index contributed by atoms with van der Waals surface area (Å²) in [5.74, 6) is 0.0290. The van der Waals surface area contributed by atoms with E-state index in [1.807, 2.05) is 6.92 Å². The van der Waals surface area contributed by atoms with Crippen LogP contribution in [0.5, 0.6) is 0 Å². The van der Waals surface area contributed by atoms with Crippen molar-refractivity contribution < 1.29 is 19.1 Å². The third kappa shape index (κ3) is 12.2. The Morgan fingerprint density at radius 1 is 1.00 bits per heavy atom. The van der Waals surface area contributed by atoms with Crippen molar-refractivity contribution in [3.63, 3.8) is 0 Å². The zero-order valence-corrected chi connectivity index (χ0v) is 18.2. The molecule has 0 aliphatic heterocycles. The lowest BCUT2D eigenvalue weighted by molar-refractivity contribution is -0.166. The molecular weight excluding hydrogens is 330 g/mol. The molecule has 5 nitrogen and oxygen atoms in total. The second kappa shape index (κ2) is 12.2. The van der Waals surface area contributed by atoms with Crippen LogP contribution in [0, 0.1) is 16.2 Å². The highest BCUT2D eigenvalue weighted by Gasteiger charge is 2.47. The first-order valence-electron chi connectivity index (χ1n) is 9.26. The van der Waals surface area contributed by atoms with E-state index in [9.17, 15) is 9.59 Å². The number of ketones is 1. The van der Waals surface area contributed by atoms with Gasteiger partial charge in [0.25, 0.3) is 0 Å². The average molecular weight is 372 g/mol. The van der Waals surface area contributed by atoms with Gasteiger partial charge in [-0.25, -0.2) is 0 Å². The number of carbonyl (C=O) groups is 2. The molecule has 0 saturated heterocycles. The van der Waals surface area contributed by atoms with Crippen molar-refractivity contribution >= 4 is 11.8 Å². The Labute approximate surface area is 160 Å². The number of allylic oxidation sites excluding steroid dienone is 1. The largest absolute Gasteiger partial charge is 0.463 e. The molecule has 2 N–H and O–H groups in total. The Hall–Kier alpha value is -1.20. The van der Waals surface area contributed by atoms with E-state index in [1.54, 1.807) is 13.0 Å². The van der Waals surface area contributed by atoms with Crippen LogP contribution in [0.2, 0.25) is 0 Å². The van der Waals surface area contributed by atoms with Crippen LogP contribution in [0.4, 0.5) is 0 Å². The number of nitrogens with two attached hydrogens (primary N) is 1. The molecule has 1 unspecified atom stereocenters. The maximum atomic E-state index is 12.5. The number of esters is 1. The first kappa shape index (κ1) is 27.0. The summed E-state index contributed by atoms with van der Waals surface area (Å²) in [6.07, 6.45) is 2.88. The van der Waals surface area contributed by atoms with E-state index in [1.165, 1.54) is 0 Å². The summed E-state index contributed by atoms with van der Waals surface area (Å²) in [5.41, 5.74) is 4.73. The Kier molecular flexibility index (Phi) is 12.7. The highest BCUT2D eigenvalue weighted by molar-refractivity contribution is 5.77. The quantitative estimate of drug-likeness (QED) is 0.374. The van der Waals surface area contributed by atoms with Gasteiger partial charge in [-0.3, -0.25) is 9.59 Å². The average Bonchev–Trinajstić information content (AvgIpc) is 2.44. The van der Waals surface area contributed by atoms with Crippen molar-refractivity contribution in [2.75, 3.05) is 26.4 Å². The summed E-state index contributed by atoms with van der Waals surface area (Å²) >= 11 is 0. The first-order chi connectivity index (χ1) is 11.7. The second-order valence-electron chi connectivity index (χ2n) is 9.05. The SMILES string of the molecule is C=CCC(C)=O.CC(C)(C)CC(C)(C(=O)OCCOCCN)C(C)(C)C. The number of Topliss-reactive ketones (excluding diaryl/α,β-unsaturated/α-hetero) is 1. The van der Waals surface area contributed by atoms with Crippen LogP contribution in [0.15, 0.2) is 12.7 Å². The van der Waals surface area contributed by atoms with Crippen molar-refractivity contribution in [1.82, 2.24) is 0 Å². The van der Waals surface area contributed by atoms with Gasteiger partial charge in [0.1, 0.15) is 12.4 Å². The molecule has 0 aromatic carbocycles. The minimum absolute atomic E-state index is 0.0666. The lowest BCUT2D eigenvalue weighted by Crippen LogP contribution is -2.44. The van der Waals surface area contributed by atoms with E-state index in [2.05, 4.69) is 48.1 Å². The monoisotopic (exact) mass is 371 g/mol. The number of carbonyl (C=O) groups excluding carboxylic acids is 2. The van der Waals surface area contributed by atoms with Gasteiger partial charge in [0, 0.05) is 13.0 Å². The van der Waals surface area contributed by atoms with Crippen LogP contribution < -0.4 is 5.73 Å². The molecule has 0 amide bonds. The first-order valence-corrected chi connectivity index (χ1v) is 9.26. The minimum Gasteiger partial charge on any atom is -0.463 e. The molecule has 0 saturated carbocycles. The van der Waals surface area contributed by atoms with Crippen molar-refractivity contribution in [2.45, 2.75) is 68.2 Å². The van der Waals surface area contributed by atoms with Crippen LogP contribution in [0.3, 0.4) is 0 Å². The van der Waals surface area contributed by atoms with Crippen LogP contribution in [-0.4, -0.2) is 38.1 Å². The summed E-state index contributed by atoms with van der Waals surface area (Å²) in [6.45, 7) is 21.3. The highest BCUT2D eigenvalue weighted by atomic mass is 16.6. The van der Waals surface area contributed by atoms with E-state index >= 15 is 0 Å². The molecule has 154 valence electrons. The summed E-state index contributed by atoms with van der Waals surface area (Å²) in [5, 5.41) is 0. The van der Waals surface area contributed by atoms with Crippen molar-refractivity contribution in [2.24, 2.45) is 22.0 Å². The molecule has 0 bridgehead atoms. The normalized spacial score (nSPS) is 13.9. The van der Waals surface area contributed by atoms with Crippen LogP contribution in [-0.2, 0) is 19.1 Å². The lowest BCUT2D eigenvalue weighted by atomic mass is 9.61. The van der Waals surface area contributed by atoms with Gasteiger partial charge in [0.15, 0.2) is 0 Å². The predicted molar refractivity (Wildman–Crippen MR) is 108 cm³/mol. The predicted octanol–water partition coefficient (Wildman–Crippen LogP) is 4.15. The van der Waals surface area contributed by atoms with E-state index in [4.69, 9.17) is 15.2 Å². The molecule has 0 aliphatic carbocycles. The topological polar surface area (TPSA) is 78.6 Å². The van der Waals surface area contributed by atoms with Gasteiger partial charge in [0.05, 0.1) is 18.6 Å². The molecule has 1 atom stereocenters. The maximum Gasteiger partial charge on any atom is 0.312 e. The molecule has 0 spiro atoms. The molecule has 0 radical (unpaired) electrons. The van der Waals surface area contributed by atoms with Gasteiger partial charge >= 0.3 is 5.97 Å². The summed E-state index contributed by atoms with van der Waals surface area (Å²) < 4.78 is 10.7. The zero-order chi connectivity index (χ0) is 21.0. The van der Waals surface area contributed by atoms with E-state index in [-0.39, 0.29) is 29.2 Å². The molecule has 0 heterocycles. The molecule has 0 aromatic rings. The zero-order valence-electron chi connectivity index (χ0n) is 18.2. The third-order valence-electron chi connectivity index (χ3n) is 4.14. The third-order valence-corrected chi connectivity index (χ3v) is 4.14. The molecule has 5 heteroatoms. The number of hydrogen-bond donors (Lipinski definition) is 1. The van der Waals surface area contributed by atoms with E-state index in [0.717, 1.165) is 6.42 Å². The maximum absolute atomic E-state index is 12.5. The van der Waals surface area contributed by atoms with Gasteiger partial charge < -0.3 is 15.2 Å². The standard InChI is InChI=1S/C16H33NO3.C5H8O/c1-14(2,3)12-16(7,15(4,5)6)13(18)20-11-10-19-9-8-17;1-3-4-5(2)6/h8-12,17H2,1-7H3;3H,1,4H2,2H3. The Morgan fingerprint density at radius 3 is 1.85 bits per heavy atom. The van der Waals surface area contributed by atoms with Gasteiger partial charge in [-0.15, -0.1) is 6.58 Å². The number of ether oxygens (including phenoxy) is 2. The fourth-order valence-electron chi connectivity index (χ4n) is 2.45. The molecule has 0 aliphatic rings. The van der Waals surface area contributed by atoms with Gasteiger partial charge in [0.2, 0.25) is 0 Å². The Bertz CT molecular complexity index is 432. The lowest BCUT2D eigenvalue weighted by Gasteiger charge is -2.43. The molecule has 0 rings (SSSR count). The van der Waals surface area contributed by atoms with Gasteiger partial charge in [-0.2, -0.15) is 0 Å². The van der Waals surface area contributed by atoms with Crippen molar-refractivity contribution in [3.8, 4) is 0 Å². The highest BCUT2D eigenvalue weighted by Crippen LogP contribution is 2.47. The Balaban J connectivity index is 0.